The van der Waals surface area contributed by atoms with E-state index in [9.17, 15) is 14.4 Å². The SMILES string of the molecule is CC(C)C.NC(=O)CNC(=O)[C@H](Cc1cccc2ccccc12)NC(=O)OCc1ccccc1.[HH].[HH].[HH]. The Morgan fingerprint density at radius 1 is 0.912 bits per heavy atom. The van der Waals surface area contributed by atoms with Crippen molar-refractivity contribution in [2.45, 2.75) is 39.8 Å². The summed E-state index contributed by atoms with van der Waals surface area (Å²) in [6, 6.07) is 21.8. The molecule has 3 amide bonds. The Kier molecular flexibility index (Phi) is 10.6. The summed E-state index contributed by atoms with van der Waals surface area (Å²) < 4.78 is 5.24. The summed E-state index contributed by atoms with van der Waals surface area (Å²) in [6.07, 6.45) is -0.495. The van der Waals surface area contributed by atoms with Crippen LogP contribution in [0.15, 0.2) is 72.8 Å². The summed E-state index contributed by atoms with van der Waals surface area (Å²) in [6.45, 7) is 6.27. The molecule has 0 radical (unpaired) electrons. The van der Waals surface area contributed by atoms with E-state index in [-0.39, 0.29) is 23.9 Å². The van der Waals surface area contributed by atoms with E-state index in [1.54, 1.807) is 0 Å². The maximum absolute atomic E-state index is 12.6. The molecule has 1 atom stereocenters. The van der Waals surface area contributed by atoms with Crippen molar-refractivity contribution >= 4 is 28.7 Å². The highest BCUT2D eigenvalue weighted by molar-refractivity contribution is 5.91. The highest BCUT2D eigenvalue weighted by Gasteiger charge is 2.23. The van der Waals surface area contributed by atoms with Crippen LogP contribution in [0.5, 0.6) is 0 Å². The lowest BCUT2D eigenvalue weighted by atomic mass is 9.98. The van der Waals surface area contributed by atoms with Crippen molar-refractivity contribution in [1.29, 1.82) is 0 Å². The zero-order chi connectivity index (χ0) is 24.9. The number of carbonyl (C=O) groups excluding carboxylic acids is 3. The van der Waals surface area contributed by atoms with Crippen molar-refractivity contribution in [3.63, 3.8) is 0 Å². The fraction of sp³-hybridized carbons (Fsp3) is 0.296. The number of nitrogens with two attached hydrogens (primary N) is 1. The van der Waals surface area contributed by atoms with Gasteiger partial charge < -0.3 is 21.1 Å². The molecular formula is C27H39N3O4. The van der Waals surface area contributed by atoms with Crippen LogP contribution in [-0.4, -0.2) is 30.5 Å². The molecule has 3 rings (SSSR count). The molecule has 0 spiro atoms. The van der Waals surface area contributed by atoms with Crippen LogP contribution in [0.1, 0.15) is 36.2 Å². The third kappa shape index (κ3) is 9.32. The predicted octanol–water partition coefficient (Wildman–Crippen LogP) is 4.68. The van der Waals surface area contributed by atoms with Gasteiger partial charge in [0.25, 0.3) is 0 Å². The number of hydrogen-bond acceptors (Lipinski definition) is 4. The van der Waals surface area contributed by atoms with Gasteiger partial charge in [0.05, 0.1) is 6.54 Å². The van der Waals surface area contributed by atoms with E-state index in [4.69, 9.17) is 10.5 Å². The monoisotopic (exact) mass is 469 g/mol. The van der Waals surface area contributed by atoms with Crippen molar-refractivity contribution in [3.8, 4) is 0 Å². The summed E-state index contributed by atoms with van der Waals surface area (Å²) >= 11 is 0. The summed E-state index contributed by atoms with van der Waals surface area (Å²) in [4.78, 5) is 36.0. The van der Waals surface area contributed by atoms with Crippen LogP contribution in [0.3, 0.4) is 0 Å². The summed E-state index contributed by atoms with van der Waals surface area (Å²) in [5.41, 5.74) is 6.83. The Labute approximate surface area is 205 Å². The van der Waals surface area contributed by atoms with Crippen LogP contribution in [-0.2, 0) is 27.4 Å². The van der Waals surface area contributed by atoms with Gasteiger partial charge in [-0.1, -0.05) is 93.6 Å². The molecule has 3 aromatic rings. The van der Waals surface area contributed by atoms with Gasteiger partial charge in [0, 0.05) is 10.7 Å². The number of ether oxygens (including phenoxy) is 1. The van der Waals surface area contributed by atoms with Gasteiger partial charge in [-0.2, -0.15) is 0 Å². The van der Waals surface area contributed by atoms with Crippen molar-refractivity contribution in [3.05, 3.63) is 83.9 Å². The number of fused-ring (bicyclic) bond motifs is 1. The lowest BCUT2D eigenvalue weighted by Crippen LogP contribution is -2.49. The van der Waals surface area contributed by atoms with Gasteiger partial charge in [-0.05, 0) is 27.8 Å². The highest BCUT2D eigenvalue weighted by Crippen LogP contribution is 2.20. The van der Waals surface area contributed by atoms with Gasteiger partial charge in [-0.25, -0.2) is 4.79 Å². The molecule has 34 heavy (non-hydrogen) atoms. The number of hydrogen-bond donors (Lipinski definition) is 3. The minimum Gasteiger partial charge on any atom is -0.445 e. The first-order chi connectivity index (χ1) is 16.3. The van der Waals surface area contributed by atoms with E-state index in [2.05, 4.69) is 31.4 Å². The third-order valence-corrected chi connectivity index (χ3v) is 4.56. The molecule has 4 N–H and O–H groups in total. The molecule has 0 aliphatic rings. The molecule has 0 aliphatic carbocycles. The number of nitrogens with one attached hydrogen (secondary N) is 2. The van der Waals surface area contributed by atoms with Crippen LogP contribution in [0.25, 0.3) is 10.8 Å². The lowest BCUT2D eigenvalue weighted by Gasteiger charge is -2.19. The van der Waals surface area contributed by atoms with Crippen LogP contribution < -0.4 is 16.4 Å². The molecule has 3 aromatic carbocycles. The second kappa shape index (κ2) is 13.6. The first-order valence-electron chi connectivity index (χ1n) is 11.3. The molecule has 0 saturated heterocycles. The molecule has 186 valence electrons. The van der Waals surface area contributed by atoms with Gasteiger partial charge in [0.2, 0.25) is 11.8 Å². The van der Waals surface area contributed by atoms with E-state index in [1.165, 1.54) is 0 Å². The standard InChI is InChI=1S/C23H23N3O4.C4H10.3H2/c24-21(27)14-25-22(28)20(26-23(29)30-15-16-7-2-1-3-8-16)13-18-11-6-10-17-9-4-5-12-19(17)18;1-4(2)3;;;/h1-12,20H,13-15H2,(H2,24,27)(H,25,28)(H,26,29);4H,1-3H3;3*1H/t20-;;;;/m0..../s1. The van der Waals surface area contributed by atoms with E-state index in [0.29, 0.717) is 0 Å². The highest BCUT2D eigenvalue weighted by atomic mass is 16.5. The summed E-state index contributed by atoms with van der Waals surface area (Å²) in [7, 11) is 0. The Balaban J connectivity index is 0. The van der Waals surface area contributed by atoms with Crippen molar-refractivity contribution in [2.75, 3.05) is 6.54 Å². The summed E-state index contributed by atoms with van der Waals surface area (Å²) in [5, 5.41) is 7.05. The number of amides is 3. The minimum absolute atomic E-state index is 0. The lowest BCUT2D eigenvalue weighted by molar-refractivity contribution is -0.126. The Morgan fingerprint density at radius 3 is 2.21 bits per heavy atom. The fourth-order valence-corrected chi connectivity index (χ4v) is 3.10. The molecule has 0 saturated carbocycles. The quantitative estimate of drug-likeness (QED) is 0.445. The maximum atomic E-state index is 12.6. The zero-order valence-electron chi connectivity index (χ0n) is 19.9. The number of benzene rings is 3. The van der Waals surface area contributed by atoms with Crippen LogP contribution in [0, 0.1) is 5.92 Å². The third-order valence-electron chi connectivity index (χ3n) is 4.56. The zero-order valence-corrected chi connectivity index (χ0v) is 19.9. The topological polar surface area (TPSA) is 111 Å². The average molecular weight is 470 g/mol. The molecular weight excluding hydrogens is 430 g/mol. The number of alkyl carbamates (subject to hydrolysis) is 1. The van der Waals surface area contributed by atoms with Gasteiger partial charge >= 0.3 is 6.09 Å². The van der Waals surface area contributed by atoms with Crippen molar-refractivity contribution < 1.29 is 23.4 Å². The molecule has 0 aliphatic heterocycles. The first-order valence-corrected chi connectivity index (χ1v) is 11.3. The van der Waals surface area contributed by atoms with Crippen LogP contribution >= 0.6 is 0 Å². The maximum Gasteiger partial charge on any atom is 0.408 e. The van der Waals surface area contributed by atoms with Crippen LogP contribution in [0.4, 0.5) is 4.79 Å². The van der Waals surface area contributed by atoms with Crippen LogP contribution in [0.2, 0.25) is 0 Å². The number of primary amides is 1. The van der Waals surface area contributed by atoms with E-state index in [0.717, 1.165) is 27.8 Å². The predicted molar refractivity (Wildman–Crippen MR) is 140 cm³/mol. The minimum atomic E-state index is -0.932. The van der Waals surface area contributed by atoms with E-state index >= 15 is 0 Å². The van der Waals surface area contributed by atoms with Crippen molar-refractivity contribution in [2.24, 2.45) is 11.7 Å². The molecule has 7 nitrogen and oxygen atoms in total. The number of carbonyl (C=O) groups is 3. The molecule has 7 heteroatoms. The van der Waals surface area contributed by atoms with E-state index in [1.807, 2.05) is 72.8 Å². The van der Waals surface area contributed by atoms with Gasteiger partial charge in [-0.3, -0.25) is 9.59 Å². The van der Waals surface area contributed by atoms with Gasteiger partial charge in [0.15, 0.2) is 0 Å². The van der Waals surface area contributed by atoms with Crippen molar-refractivity contribution in [1.82, 2.24) is 10.6 Å². The summed E-state index contributed by atoms with van der Waals surface area (Å²) in [5.74, 6) is -0.350. The van der Waals surface area contributed by atoms with E-state index < -0.39 is 23.9 Å². The number of rotatable bonds is 8. The first kappa shape index (κ1) is 26.4. The second-order valence-electron chi connectivity index (χ2n) is 8.52. The average Bonchev–Trinajstić information content (AvgIpc) is 2.81. The molecule has 0 unspecified atom stereocenters. The second-order valence-corrected chi connectivity index (χ2v) is 8.52. The molecule has 0 fully saturated rings. The molecule has 0 heterocycles. The largest absolute Gasteiger partial charge is 0.445 e. The fourth-order valence-electron chi connectivity index (χ4n) is 3.10. The normalized spacial score (nSPS) is 11.2. The molecule has 0 bridgehead atoms. The molecule has 0 aromatic heterocycles. The Hall–Kier alpha value is -3.87. The smallest absolute Gasteiger partial charge is 0.408 e. The van der Waals surface area contributed by atoms with Gasteiger partial charge in [0.1, 0.15) is 12.6 Å². The Morgan fingerprint density at radius 2 is 1.53 bits per heavy atom. The van der Waals surface area contributed by atoms with Gasteiger partial charge in [-0.15, -0.1) is 0 Å². The Bertz CT molecular complexity index is 1090.